The Balaban J connectivity index is 2.11. The fourth-order valence-corrected chi connectivity index (χ4v) is 1.21. The van der Waals surface area contributed by atoms with Crippen molar-refractivity contribution in [1.29, 1.82) is 0 Å². The first-order valence-corrected chi connectivity index (χ1v) is 3.70. The Morgan fingerprint density at radius 1 is 1.33 bits per heavy atom. The molecule has 0 heterocycles. The molecular formula is C8H14O. The summed E-state index contributed by atoms with van der Waals surface area (Å²) in [5, 5.41) is 0. The molecule has 52 valence electrons. The van der Waals surface area contributed by atoms with Crippen LogP contribution in [0.15, 0.2) is 12.3 Å². The molecule has 0 atom stereocenters. The molecule has 1 aliphatic carbocycles. The predicted octanol–water partition coefficient (Wildman–Crippen LogP) is 2.48. The molecule has 0 saturated heterocycles. The van der Waals surface area contributed by atoms with Gasteiger partial charge >= 0.3 is 0 Å². The molecule has 1 fully saturated rings. The van der Waals surface area contributed by atoms with Crippen molar-refractivity contribution < 1.29 is 4.74 Å². The fraction of sp³-hybridized carbons (Fsp3) is 0.750. The molecule has 0 aliphatic heterocycles. The molecule has 1 rings (SSSR count). The lowest BCUT2D eigenvalue weighted by molar-refractivity contribution is 0.151. The Morgan fingerprint density at radius 2 is 2.00 bits per heavy atom. The highest BCUT2D eigenvalue weighted by molar-refractivity contribution is 4.73. The lowest BCUT2D eigenvalue weighted by Crippen LogP contribution is -2.01. The van der Waals surface area contributed by atoms with E-state index in [9.17, 15) is 0 Å². The van der Waals surface area contributed by atoms with Gasteiger partial charge in [-0.3, -0.25) is 0 Å². The van der Waals surface area contributed by atoms with Crippen LogP contribution in [0.4, 0.5) is 0 Å². The zero-order chi connectivity index (χ0) is 6.53. The van der Waals surface area contributed by atoms with Gasteiger partial charge in [-0.2, -0.15) is 0 Å². The third-order valence-corrected chi connectivity index (χ3v) is 1.71. The van der Waals surface area contributed by atoms with E-state index < -0.39 is 0 Å². The van der Waals surface area contributed by atoms with Crippen molar-refractivity contribution in [3.05, 3.63) is 12.3 Å². The van der Waals surface area contributed by atoms with Crippen LogP contribution in [0.3, 0.4) is 0 Å². The molecule has 0 N–H and O–H groups in total. The van der Waals surface area contributed by atoms with E-state index in [0.29, 0.717) is 6.10 Å². The molecule has 1 saturated carbocycles. The van der Waals surface area contributed by atoms with E-state index in [0.717, 1.165) is 0 Å². The van der Waals surface area contributed by atoms with Crippen LogP contribution in [0, 0.1) is 0 Å². The summed E-state index contributed by atoms with van der Waals surface area (Å²) >= 11 is 0. The summed E-state index contributed by atoms with van der Waals surface area (Å²) in [5.41, 5.74) is 0. The molecule has 1 aliphatic rings. The maximum atomic E-state index is 5.37. The van der Waals surface area contributed by atoms with Crippen molar-refractivity contribution in [2.45, 2.75) is 38.7 Å². The van der Waals surface area contributed by atoms with Gasteiger partial charge in [-0.05, 0) is 32.6 Å². The van der Waals surface area contributed by atoms with Gasteiger partial charge in [0.15, 0.2) is 0 Å². The van der Waals surface area contributed by atoms with Gasteiger partial charge in [0.25, 0.3) is 0 Å². The van der Waals surface area contributed by atoms with Gasteiger partial charge in [-0.15, -0.1) is 0 Å². The Morgan fingerprint density at radius 3 is 2.56 bits per heavy atom. The Labute approximate surface area is 56.7 Å². The van der Waals surface area contributed by atoms with E-state index in [1.807, 2.05) is 13.0 Å². The van der Waals surface area contributed by atoms with Crippen LogP contribution in [-0.2, 0) is 4.74 Å². The van der Waals surface area contributed by atoms with Crippen LogP contribution < -0.4 is 0 Å². The van der Waals surface area contributed by atoms with E-state index in [-0.39, 0.29) is 0 Å². The maximum Gasteiger partial charge on any atom is 0.0978 e. The largest absolute Gasteiger partial charge is 0.498 e. The number of rotatable bonds is 2. The highest BCUT2D eigenvalue weighted by Crippen LogP contribution is 2.20. The summed E-state index contributed by atoms with van der Waals surface area (Å²) in [5.74, 6) is 0. The summed E-state index contributed by atoms with van der Waals surface area (Å²) in [7, 11) is 0. The monoisotopic (exact) mass is 126 g/mol. The number of hydrogen-bond donors (Lipinski definition) is 0. The molecule has 0 aromatic heterocycles. The van der Waals surface area contributed by atoms with Crippen molar-refractivity contribution in [3.8, 4) is 0 Å². The predicted molar refractivity (Wildman–Crippen MR) is 38.2 cm³/mol. The average Bonchev–Trinajstić information content (AvgIpc) is 2.34. The zero-order valence-corrected chi connectivity index (χ0v) is 5.97. The minimum absolute atomic E-state index is 0.529. The fourth-order valence-electron chi connectivity index (χ4n) is 1.21. The second-order valence-electron chi connectivity index (χ2n) is 2.51. The van der Waals surface area contributed by atoms with Gasteiger partial charge in [0.05, 0.1) is 12.4 Å². The Bertz CT molecular complexity index is 90.7. The molecule has 0 amide bonds. The van der Waals surface area contributed by atoms with Crippen LogP contribution in [0.25, 0.3) is 0 Å². The number of ether oxygens (including phenoxy) is 1. The van der Waals surface area contributed by atoms with Gasteiger partial charge in [-0.1, -0.05) is 6.08 Å². The molecular weight excluding hydrogens is 112 g/mol. The van der Waals surface area contributed by atoms with Gasteiger partial charge in [-0.25, -0.2) is 0 Å². The molecule has 0 bridgehead atoms. The first-order chi connectivity index (χ1) is 4.43. The van der Waals surface area contributed by atoms with Crippen LogP contribution >= 0.6 is 0 Å². The van der Waals surface area contributed by atoms with Crippen molar-refractivity contribution >= 4 is 0 Å². The quantitative estimate of drug-likeness (QED) is 0.516. The summed E-state index contributed by atoms with van der Waals surface area (Å²) in [4.78, 5) is 0. The van der Waals surface area contributed by atoms with Crippen LogP contribution in [-0.4, -0.2) is 6.10 Å². The zero-order valence-electron chi connectivity index (χ0n) is 5.97. The average molecular weight is 126 g/mol. The van der Waals surface area contributed by atoms with E-state index >= 15 is 0 Å². The highest BCUT2D eigenvalue weighted by Gasteiger charge is 2.13. The summed E-state index contributed by atoms with van der Waals surface area (Å²) in [6.45, 7) is 1.98. The topological polar surface area (TPSA) is 9.23 Å². The summed E-state index contributed by atoms with van der Waals surface area (Å²) < 4.78 is 5.37. The minimum Gasteiger partial charge on any atom is -0.498 e. The first kappa shape index (κ1) is 6.66. The van der Waals surface area contributed by atoms with Crippen LogP contribution in [0.2, 0.25) is 0 Å². The first-order valence-electron chi connectivity index (χ1n) is 3.70. The van der Waals surface area contributed by atoms with Gasteiger partial charge in [0.1, 0.15) is 0 Å². The third-order valence-electron chi connectivity index (χ3n) is 1.71. The second kappa shape index (κ2) is 3.54. The second-order valence-corrected chi connectivity index (χ2v) is 2.51. The lowest BCUT2D eigenvalue weighted by atomic mass is 10.3. The molecule has 0 aromatic carbocycles. The lowest BCUT2D eigenvalue weighted by Gasteiger charge is -2.06. The Hall–Kier alpha value is -0.460. The molecule has 1 heteroatoms. The van der Waals surface area contributed by atoms with E-state index in [4.69, 9.17) is 4.74 Å². The van der Waals surface area contributed by atoms with Crippen LogP contribution in [0.1, 0.15) is 32.6 Å². The van der Waals surface area contributed by atoms with E-state index in [1.165, 1.54) is 25.7 Å². The number of hydrogen-bond acceptors (Lipinski definition) is 1. The molecule has 0 aromatic rings. The Kier molecular flexibility index (Phi) is 2.62. The van der Waals surface area contributed by atoms with E-state index in [1.54, 1.807) is 6.26 Å². The number of allylic oxidation sites excluding steroid dienone is 1. The maximum absolute atomic E-state index is 5.37. The normalized spacial score (nSPS) is 21.4. The highest BCUT2D eigenvalue weighted by atomic mass is 16.5. The van der Waals surface area contributed by atoms with E-state index in [2.05, 4.69) is 0 Å². The summed E-state index contributed by atoms with van der Waals surface area (Å²) in [6.07, 6.45) is 9.48. The summed E-state index contributed by atoms with van der Waals surface area (Å²) in [6, 6.07) is 0. The molecule has 1 nitrogen and oxygen atoms in total. The SMILES string of the molecule is C/C=C\OC1CCCC1. The van der Waals surface area contributed by atoms with Crippen molar-refractivity contribution in [2.24, 2.45) is 0 Å². The van der Waals surface area contributed by atoms with Crippen molar-refractivity contribution in [1.82, 2.24) is 0 Å². The smallest absolute Gasteiger partial charge is 0.0978 e. The van der Waals surface area contributed by atoms with Crippen LogP contribution in [0.5, 0.6) is 0 Å². The third kappa shape index (κ3) is 2.08. The molecule has 0 spiro atoms. The standard InChI is InChI=1S/C8H14O/c1-2-7-9-8-5-3-4-6-8/h2,7-8H,3-6H2,1H3/b7-2-. The molecule has 9 heavy (non-hydrogen) atoms. The van der Waals surface area contributed by atoms with Gasteiger partial charge in [0, 0.05) is 0 Å². The minimum atomic E-state index is 0.529. The van der Waals surface area contributed by atoms with Crippen molar-refractivity contribution in [2.75, 3.05) is 0 Å². The molecule has 0 unspecified atom stereocenters. The van der Waals surface area contributed by atoms with Crippen molar-refractivity contribution in [3.63, 3.8) is 0 Å². The van der Waals surface area contributed by atoms with Gasteiger partial charge < -0.3 is 4.74 Å². The van der Waals surface area contributed by atoms with Gasteiger partial charge in [0.2, 0.25) is 0 Å². The molecule has 0 radical (unpaired) electrons.